The van der Waals surface area contributed by atoms with Crippen LogP contribution in [0.4, 0.5) is 0 Å². The summed E-state index contributed by atoms with van der Waals surface area (Å²) in [7, 11) is 0. The Hall–Kier alpha value is -1.73. The van der Waals surface area contributed by atoms with Crippen molar-refractivity contribution in [2.24, 2.45) is 5.92 Å². The average Bonchev–Trinajstić information content (AvgIpc) is 3.29. The van der Waals surface area contributed by atoms with E-state index >= 15 is 0 Å². The van der Waals surface area contributed by atoms with E-state index < -0.39 is 0 Å². The van der Waals surface area contributed by atoms with Gasteiger partial charge in [0, 0.05) is 43.7 Å². The summed E-state index contributed by atoms with van der Waals surface area (Å²) >= 11 is 1.47. The molecule has 0 atom stereocenters. The van der Waals surface area contributed by atoms with E-state index in [4.69, 9.17) is 4.98 Å². The number of nitrogens with one attached hydrogen (secondary N) is 1. The molecule has 25 heavy (non-hydrogen) atoms. The number of imidazole rings is 1. The zero-order chi connectivity index (χ0) is 17.4. The lowest BCUT2D eigenvalue weighted by atomic mass is 9.78. The molecule has 4 rings (SSSR count). The molecule has 1 saturated heterocycles. The van der Waals surface area contributed by atoms with Crippen molar-refractivity contribution in [1.29, 1.82) is 0 Å². The minimum Gasteiger partial charge on any atom is -0.348 e. The Labute approximate surface area is 152 Å². The van der Waals surface area contributed by atoms with Gasteiger partial charge in [0.2, 0.25) is 0 Å². The molecule has 134 valence electrons. The summed E-state index contributed by atoms with van der Waals surface area (Å²) < 4.78 is 0. The largest absolute Gasteiger partial charge is 0.348 e. The molecule has 1 spiro atoms. The van der Waals surface area contributed by atoms with E-state index in [0.29, 0.717) is 11.6 Å². The smallest absolute Gasteiger partial charge is 0.273 e. The lowest BCUT2D eigenvalue weighted by Crippen LogP contribution is -2.57. The molecule has 2 aliphatic rings. The minimum atomic E-state index is -0.0310. The summed E-state index contributed by atoms with van der Waals surface area (Å²) in [5, 5.41) is 1.84. The van der Waals surface area contributed by atoms with Crippen LogP contribution in [0, 0.1) is 5.92 Å². The van der Waals surface area contributed by atoms with Crippen molar-refractivity contribution in [3.63, 3.8) is 0 Å². The summed E-state index contributed by atoms with van der Waals surface area (Å²) in [6.45, 7) is 8.21. The number of hydrogen-bond donors (Lipinski definition) is 1. The van der Waals surface area contributed by atoms with Gasteiger partial charge in [0.05, 0.1) is 23.1 Å². The molecule has 1 fully saturated rings. The van der Waals surface area contributed by atoms with Crippen molar-refractivity contribution < 1.29 is 4.79 Å². The molecule has 0 radical (unpaired) electrons. The predicted octanol–water partition coefficient (Wildman–Crippen LogP) is 2.51. The molecular formula is C18H25N5OS. The molecule has 0 unspecified atom stereocenters. The van der Waals surface area contributed by atoms with Gasteiger partial charge in [-0.05, 0) is 18.8 Å². The van der Waals surface area contributed by atoms with Crippen molar-refractivity contribution in [2.75, 3.05) is 26.2 Å². The third kappa shape index (κ3) is 2.89. The van der Waals surface area contributed by atoms with Crippen LogP contribution in [0.2, 0.25) is 0 Å². The third-order valence-corrected chi connectivity index (χ3v) is 6.10. The number of fused-ring (bicyclic) bond motifs is 2. The molecule has 0 aliphatic carbocycles. The van der Waals surface area contributed by atoms with E-state index in [1.807, 2.05) is 16.6 Å². The number of thiazole rings is 1. The van der Waals surface area contributed by atoms with Gasteiger partial charge in [0.1, 0.15) is 5.69 Å². The average molecular weight is 359 g/mol. The number of aromatic nitrogens is 3. The van der Waals surface area contributed by atoms with Crippen molar-refractivity contribution in [1.82, 2.24) is 24.8 Å². The van der Waals surface area contributed by atoms with Crippen LogP contribution in [0.15, 0.2) is 17.2 Å². The quantitative estimate of drug-likeness (QED) is 0.914. The Morgan fingerprint density at radius 3 is 2.80 bits per heavy atom. The van der Waals surface area contributed by atoms with Gasteiger partial charge in [-0.2, -0.15) is 0 Å². The van der Waals surface area contributed by atoms with E-state index in [2.05, 4.69) is 28.7 Å². The fourth-order valence-electron chi connectivity index (χ4n) is 4.34. The van der Waals surface area contributed by atoms with Crippen LogP contribution >= 0.6 is 11.3 Å². The number of rotatable bonds is 3. The molecule has 6 nitrogen and oxygen atoms in total. The topological polar surface area (TPSA) is 65.1 Å². The number of hydrogen-bond acceptors (Lipinski definition) is 5. The third-order valence-electron chi connectivity index (χ3n) is 5.51. The second-order valence-electron chi connectivity index (χ2n) is 7.52. The summed E-state index contributed by atoms with van der Waals surface area (Å²) in [6, 6.07) is 0. The van der Waals surface area contributed by atoms with E-state index in [1.54, 1.807) is 5.51 Å². The van der Waals surface area contributed by atoms with Crippen LogP contribution in [-0.4, -0.2) is 56.8 Å². The molecule has 0 bridgehead atoms. The highest BCUT2D eigenvalue weighted by atomic mass is 32.1. The maximum Gasteiger partial charge on any atom is 0.273 e. The van der Waals surface area contributed by atoms with Gasteiger partial charge < -0.3 is 9.88 Å². The normalized spacial score (nSPS) is 20.2. The molecule has 2 aromatic heterocycles. The van der Waals surface area contributed by atoms with Crippen LogP contribution in [0.3, 0.4) is 0 Å². The van der Waals surface area contributed by atoms with E-state index in [0.717, 1.165) is 45.4 Å². The lowest BCUT2D eigenvalue weighted by molar-refractivity contribution is 0.000481. The van der Waals surface area contributed by atoms with Crippen LogP contribution in [0.25, 0.3) is 0 Å². The monoisotopic (exact) mass is 359 g/mol. The number of carbonyl (C=O) groups excluding carboxylic acids is 1. The highest BCUT2D eigenvalue weighted by Gasteiger charge is 2.47. The molecule has 4 heterocycles. The number of likely N-dealkylation sites (tertiary alicyclic amines) is 1. The van der Waals surface area contributed by atoms with Gasteiger partial charge in [-0.3, -0.25) is 9.69 Å². The highest BCUT2D eigenvalue weighted by Crippen LogP contribution is 2.42. The van der Waals surface area contributed by atoms with Crippen LogP contribution in [0.1, 0.15) is 48.6 Å². The van der Waals surface area contributed by atoms with Crippen LogP contribution in [-0.2, 0) is 12.0 Å². The lowest BCUT2D eigenvalue weighted by Gasteiger charge is -2.51. The summed E-state index contributed by atoms with van der Waals surface area (Å²) in [5.41, 5.74) is 4.75. The fraction of sp³-hybridized carbons (Fsp3) is 0.611. The molecule has 0 saturated carbocycles. The molecule has 7 heteroatoms. The Kier molecular flexibility index (Phi) is 4.37. The number of H-pyrrole nitrogens is 1. The van der Waals surface area contributed by atoms with E-state index in [9.17, 15) is 4.79 Å². The number of nitrogens with zero attached hydrogens (tertiary/aromatic N) is 4. The van der Waals surface area contributed by atoms with Crippen molar-refractivity contribution in [3.8, 4) is 0 Å². The van der Waals surface area contributed by atoms with Gasteiger partial charge >= 0.3 is 0 Å². The van der Waals surface area contributed by atoms with Gasteiger partial charge in [0.25, 0.3) is 5.91 Å². The molecule has 1 amide bonds. The zero-order valence-electron chi connectivity index (χ0n) is 14.9. The second-order valence-corrected chi connectivity index (χ2v) is 8.24. The molecule has 2 aromatic rings. The SMILES string of the molecule is CC(C)CN1CCc2[nH]cnc2C12CCN(C(=O)c1cscn1)CC2. The second kappa shape index (κ2) is 6.53. The van der Waals surface area contributed by atoms with Gasteiger partial charge in [0.15, 0.2) is 0 Å². The molecule has 0 aromatic carbocycles. The Morgan fingerprint density at radius 1 is 1.32 bits per heavy atom. The Morgan fingerprint density at radius 2 is 2.12 bits per heavy atom. The summed E-state index contributed by atoms with van der Waals surface area (Å²) in [4.78, 5) is 29.4. The molecule has 2 aliphatic heterocycles. The Balaban J connectivity index is 1.57. The van der Waals surface area contributed by atoms with Gasteiger partial charge in [-0.25, -0.2) is 9.97 Å². The predicted molar refractivity (Wildman–Crippen MR) is 97.6 cm³/mol. The molecule has 1 N–H and O–H groups in total. The summed E-state index contributed by atoms with van der Waals surface area (Å²) in [6.07, 6.45) is 4.74. The highest BCUT2D eigenvalue weighted by molar-refractivity contribution is 7.07. The van der Waals surface area contributed by atoms with Gasteiger partial charge in [-0.1, -0.05) is 13.8 Å². The van der Waals surface area contributed by atoms with Crippen molar-refractivity contribution in [3.05, 3.63) is 34.3 Å². The van der Waals surface area contributed by atoms with E-state index in [-0.39, 0.29) is 11.4 Å². The zero-order valence-corrected chi connectivity index (χ0v) is 15.7. The van der Waals surface area contributed by atoms with Crippen molar-refractivity contribution >= 4 is 17.2 Å². The number of piperidine rings is 1. The number of aromatic amines is 1. The number of amides is 1. The molecular weight excluding hydrogens is 334 g/mol. The maximum atomic E-state index is 12.6. The first-order valence-electron chi connectivity index (χ1n) is 9.05. The van der Waals surface area contributed by atoms with Crippen molar-refractivity contribution in [2.45, 2.75) is 38.6 Å². The fourth-order valence-corrected chi connectivity index (χ4v) is 4.87. The van der Waals surface area contributed by atoms with E-state index in [1.165, 1.54) is 22.7 Å². The first-order chi connectivity index (χ1) is 12.1. The maximum absolute atomic E-state index is 12.6. The first-order valence-corrected chi connectivity index (χ1v) is 10.00. The van der Waals surface area contributed by atoms with Crippen LogP contribution < -0.4 is 0 Å². The Bertz CT molecular complexity index is 730. The summed E-state index contributed by atoms with van der Waals surface area (Å²) in [5.74, 6) is 0.677. The first kappa shape index (κ1) is 16.7. The minimum absolute atomic E-state index is 0.0310. The van der Waals surface area contributed by atoms with Gasteiger partial charge in [-0.15, -0.1) is 11.3 Å². The number of carbonyl (C=O) groups is 1. The standard InChI is InChI=1S/C18H25N5OS/c1-13(2)9-23-6-3-14-16(20-11-19-14)18(23)4-7-22(8-5-18)17(24)15-10-25-12-21-15/h10-13H,3-9H2,1-2H3,(H,19,20). The van der Waals surface area contributed by atoms with Crippen LogP contribution in [0.5, 0.6) is 0 Å².